The number of nitrogens with zero attached hydrogens (tertiary/aromatic N) is 2. The van der Waals surface area contributed by atoms with Gasteiger partial charge in [0, 0.05) is 25.7 Å². The standard InChI is InChI=1S/C15H26N2O/c1-11-6-12(2)8-17(7-11)15(18)10-16-9-13-4-3-5-14(13)16/h11-14H,3-10H2,1-2H3/t11-,12+,13-,14-/m0/s1. The van der Waals surface area contributed by atoms with Crippen molar-refractivity contribution in [3.05, 3.63) is 0 Å². The van der Waals surface area contributed by atoms with Gasteiger partial charge in [-0.25, -0.2) is 0 Å². The minimum absolute atomic E-state index is 0.374. The Morgan fingerprint density at radius 1 is 1.11 bits per heavy atom. The highest BCUT2D eigenvalue weighted by molar-refractivity contribution is 5.78. The summed E-state index contributed by atoms with van der Waals surface area (Å²) in [6, 6.07) is 0.744. The molecule has 102 valence electrons. The lowest BCUT2D eigenvalue weighted by Gasteiger charge is -2.45. The third-order valence-corrected chi connectivity index (χ3v) is 5.12. The van der Waals surface area contributed by atoms with Crippen LogP contribution in [0, 0.1) is 17.8 Å². The number of piperidine rings is 1. The molecule has 2 saturated heterocycles. The van der Waals surface area contributed by atoms with Crippen LogP contribution >= 0.6 is 0 Å². The molecule has 1 amide bonds. The summed E-state index contributed by atoms with van der Waals surface area (Å²) in [5, 5.41) is 0. The number of amides is 1. The molecule has 0 unspecified atom stereocenters. The molecule has 3 nitrogen and oxygen atoms in total. The number of likely N-dealkylation sites (tertiary alicyclic amines) is 2. The van der Waals surface area contributed by atoms with Crippen molar-refractivity contribution in [2.24, 2.45) is 17.8 Å². The Morgan fingerprint density at radius 3 is 2.50 bits per heavy atom. The van der Waals surface area contributed by atoms with E-state index in [4.69, 9.17) is 0 Å². The lowest BCUT2D eigenvalue weighted by molar-refractivity contribution is -0.138. The molecule has 0 aromatic carbocycles. The van der Waals surface area contributed by atoms with E-state index in [9.17, 15) is 4.79 Å². The van der Waals surface area contributed by atoms with E-state index in [2.05, 4.69) is 23.6 Å². The SMILES string of the molecule is C[C@@H]1C[C@H](C)CN(C(=O)CN2C[C@@H]3CCC[C@@H]32)C1. The van der Waals surface area contributed by atoms with Gasteiger partial charge >= 0.3 is 0 Å². The van der Waals surface area contributed by atoms with Crippen molar-refractivity contribution in [1.29, 1.82) is 0 Å². The van der Waals surface area contributed by atoms with Crippen molar-refractivity contribution in [1.82, 2.24) is 9.80 Å². The molecule has 3 aliphatic rings. The Balaban J connectivity index is 1.52. The molecule has 2 aliphatic heterocycles. The Kier molecular flexibility index (Phi) is 3.35. The molecule has 0 N–H and O–H groups in total. The van der Waals surface area contributed by atoms with Crippen LogP contribution in [0.1, 0.15) is 39.5 Å². The number of fused-ring (bicyclic) bond motifs is 1. The Morgan fingerprint density at radius 2 is 1.83 bits per heavy atom. The Labute approximate surface area is 111 Å². The average molecular weight is 250 g/mol. The second-order valence-electron chi connectivity index (χ2n) is 6.93. The predicted molar refractivity (Wildman–Crippen MR) is 72.2 cm³/mol. The summed E-state index contributed by atoms with van der Waals surface area (Å²) in [6.45, 7) is 8.35. The van der Waals surface area contributed by atoms with E-state index < -0.39 is 0 Å². The summed E-state index contributed by atoms with van der Waals surface area (Å²) in [5.74, 6) is 2.64. The summed E-state index contributed by atoms with van der Waals surface area (Å²) < 4.78 is 0. The third kappa shape index (κ3) is 2.29. The number of carbonyl (C=O) groups excluding carboxylic acids is 1. The van der Waals surface area contributed by atoms with Crippen LogP contribution < -0.4 is 0 Å². The number of rotatable bonds is 2. The first-order valence-electron chi connectivity index (χ1n) is 7.65. The summed E-state index contributed by atoms with van der Waals surface area (Å²) in [7, 11) is 0. The van der Waals surface area contributed by atoms with Crippen LogP contribution in [-0.4, -0.2) is 47.9 Å². The van der Waals surface area contributed by atoms with Crippen molar-refractivity contribution < 1.29 is 4.79 Å². The fourth-order valence-electron chi connectivity index (χ4n) is 4.33. The zero-order valence-electron chi connectivity index (χ0n) is 11.8. The average Bonchev–Trinajstić information content (AvgIpc) is 2.66. The van der Waals surface area contributed by atoms with Gasteiger partial charge in [0.15, 0.2) is 0 Å². The third-order valence-electron chi connectivity index (χ3n) is 5.12. The van der Waals surface area contributed by atoms with Gasteiger partial charge in [-0.3, -0.25) is 9.69 Å². The number of hydrogen-bond acceptors (Lipinski definition) is 2. The topological polar surface area (TPSA) is 23.6 Å². The molecular weight excluding hydrogens is 224 g/mol. The highest BCUT2D eigenvalue weighted by Gasteiger charge is 2.43. The smallest absolute Gasteiger partial charge is 0.236 e. The highest BCUT2D eigenvalue weighted by Crippen LogP contribution is 2.38. The van der Waals surface area contributed by atoms with Crippen LogP contribution in [0.5, 0.6) is 0 Å². The van der Waals surface area contributed by atoms with E-state index in [-0.39, 0.29) is 0 Å². The van der Waals surface area contributed by atoms with Crippen LogP contribution in [0.3, 0.4) is 0 Å². The van der Waals surface area contributed by atoms with Crippen LogP contribution in [0.15, 0.2) is 0 Å². The quantitative estimate of drug-likeness (QED) is 0.748. The molecule has 0 aromatic rings. The molecule has 0 aromatic heterocycles. The Hall–Kier alpha value is -0.570. The first-order chi connectivity index (χ1) is 8.63. The van der Waals surface area contributed by atoms with Gasteiger partial charge < -0.3 is 4.90 Å². The maximum atomic E-state index is 12.4. The fourth-order valence-corrected chi connectivity index (χ4v) is 4.33. The number of carbonyl (C=O) groups is 1. The normalized spacial score (nSPS) is 40.4. The van der Waals surface area contributed by atoms with Crippen molar-refractivity contribution >= 4 is 5.91 Å². The van der Waals surface area contributed by atoms with Gasteiger partial charge in [0.2, 0.25) is 5.91 Å². The Bertz CT molecular complexity index is 320. The zero-order valence-corrected chi connectivity index (χ0v) is 11.8. The monoisotopic (exact) mass is 250 g/mol. The lowest BCUT2D eigenvalue weighted by Crippen LogP contribution is -2.57. The van der Waals surface area contributed by atoms with E-state index >= 15 is 0 Å². The molecule has 2 heterocycles. The van der Waals surface area contributed by atoms with E-state index in [1.54, 1.807) is 0 Å². The predicted octanol–water partition coefficient (Wildman–Crippen LogP) is 1.98. The largest absolute Gasteiger partial charge is 0.341 e. The van der Waals surface area contributed by atoms with Gasteiger partial charge in [-0.2, -0.15) is 0 Å². The van der Waals surface area contributed by atoms with Crippen molar-refractivity contribution in [2.45, 2.75) is 45.6 Å². The van der Waals surface area contributed by atoms with Crippen LogP contribution in [0.4, 0.5) is 0 Å². The first-order valence-corrected chi connectivity index (χ1v) is 7.65. The molecule has 3 rings (SSSR count). The van der Waals surface area contributed by atoms with Gasteiger partial charge in [0.1, 0.15) is 0 Å². The molecule has 4 atom stereocenters. The molecule has 1 aliphatic carbocycles. The maximum absolute atomic E-state index is 12.4. The molecule has 3 heteroatoms. The van der Waals surface area contributed by atoms with Crippen LogP contribution in [0.25, 0.3) is 0 Å². The highest BCUT2D eigenvalue weighted by atomic mass is 16.2. The van der Waals surface area contributed by atoms with Crippen LogP contribution in [-0.2, 0) is 4.79 Å². The molecule has 0 bridgehead atoms. The van der Waals surface area contributed by atoms with E-state index in [1.807, 2.05) is 0 Å². The molecule has 18 heavy (non-hydrogen) atoms. The van der Waals surface area contributed by atoms with Crippen molar-refractivity contribution in [2.75, 3.05) is 26.2 Å². The van der Waals surface area contributed by atoms with Gasteiger partial charge in [-0.05, 0) is 37.0 Å². The molecular formula is C15H26N2O. The van der Waals surface area contributed by atoms with E-state index in [0.29, 0.717) is 24.3 Å². The number of hydrogen-bond donors (Lipinski definition) is 0. The minimum atomic E-state index is 0.374. The summed E-state index contributed by atoms with van der Waals surface area (Å²) in [4.78, 5) is 16.9. The van der Waals surface area contributed by atoms with Gasteiger partial charge in [-0.1, -0.05) is 20.3 Å². The second-order valence-corrected chi connectivity index (χ2v) is 6.93. The zero-order chi connectivity index (χ0) is 12.7. The fraction of sp³-hybridized carbons (Fsp3) is 0.933. The molecule has 1 saturated carbocycles. The summed E-state index contributed by atoms with van der Waals surface area (Å²) in [5.41, 5.74) is 0. The van der Waals surface area contributed by atoms with Crippen LogP contribution in [0.2, 0.25) is 0 Å². The van der Waals surface area contributed by atoms with Crippen molar-refractivity contribution in [3.8, 4) is 0 Å². The van der Waals surface area contributed by atoms with E-state index in [1.165, 1.54) is 32.2 Å². The van der Waals surface area contributed by atoms with Gasteiger partial charge in [0.25, 0.3) is 0 Å². The lowest BCUT2D eigenvalue weighted by atomic mass is 9.90. The molecule has 0 spiro atoms. The maximum Gasteiger partial charge on any atom is 0.236 e. The van der Waals surface area contributed by atoms with Gasteiger partial charge in [0.05, 0.1) is 6.54 Å². The van der Waals surface area contributed by atoms with Gasteiger partial charge in [-0.15, -0.1) is 0 Å². The second kappa shape index (κ2) is 4.84. The molecule has 3 fully saturated rings. The summed E-state index contributed by atoms with van der Waals surface area (Å²) >= 11 is 0. The molecule has 0 radical (unpaired) electrons. The van der Waals surface area contributed by atoms with E-state index in [0.717, 1.165) is 25.0 Å². The first kappa shape index (κ1) is 12.5. The van der Waals surface area contributed by atoms with Crippen molar-refractivity contribution in [3.63, 3.8) is 0 Å². The summed E-state index contributed by atoms with van der Waals surface area (Å²) in [6.07, 6.45) is 5.37. The minimum Gasteiger partial charge on any atom is -0.341 e.